The molecule has 8 heteroatoms. The Morgan fingerprint density at radius 3 is 1.89 bits per heavy atom. The van der Waals surface area contributed by atoms with Gasteiger partial charge in [-0.1, -0.05) is 32.9 Å². The summed E-state index contributed by atoms with van der Waals surface area (Å²) >= 11 is 0. The minimum atomic E-state index is -4.40. The lowest BCUT2D eigenvalue weighted by atomic mass is 10.1. The van der Waals surface area contributed by atoms with E-state index >= 15 is 0 Å². The van der Waals surface area contributed by atoms with Crippen molar-refractivity contribution in [3.05, 3.63) is 35.4 Å². The third-order valence-electron chi connectivity index (χ3n) is 4.64. The van der Waals surface area contributed by atoms with Gasteiger partial charge in [0.15, 0.2) is 8.32 Å². The van der Waals surface area contributed by atoms with Crippen LogP contribution in [0.3, 0.4) is 0 Å². The first kappa shape index (κ1) is 24.0. The van der Waals surface area contributed by atoms with Crippen LogP contribution in [0.15, 0.2) is 28.7 Å². The topological polar surface area (TPSA) is 38.7 Å². The zero-order chi connectivity index (χ0) is 21.3. The van der Waals surface area contributed by atoms with Crippen molar-refractivity contribution in [3.63, 3.8) is 0 Å². The highest BCUT2D eigenvalue weighted by atomic mass is 32.2. The highest BCUT2D eigenvalue weighted by Crippen LogP contribution is 2.36. The summed E-state index contributed by atoms with van der Waals surface area (Å²) in [4.78, 5) is 0. The molecule has 0 saturated carbocycles. The van der Waals surface area contributed by atoms with Crippen molar-refractivity contribution in [2.75, 3.05) is 6.61 Å². The molecule has 1 aromatic rings. The van der Waals surface area contributed by atoms with E-state index in [4.69, 9.17) is 4.43 Å². The summed E-state index contributed by atoms with van der Waals surface area (Å²) in [5, 5.41) is -0.0264. The summed E-state index contributed by atoms with van der Waals surface area (Å²) in [6.45, 7) is 16.0. The molecular formula is C19H30F3NO2SSi. The zero-order valence-electron chi connectivity index (χ0n) is 17.3. The number of hydrogen-bond donors (Lipinski definition) is 0. The summed E-state index contributed by atoms with van der Waals surface area (Å²) in [6, 6.07) is 4.74. The lowest BCUT2D eigenvalue weighted by Gasteiger charge is -2.36. The molecule has 0 fully saturated rings. The van der Waals surface area contributed by atoms with E-state index in [0.29, 0.717) is 11.3 Å². The minimum absolute atomic E-state index is 0.0264. The smallest absolute Gasteiger partial charge is 0.411 e. The molecule has 0 amide bonds. The van der Waals surface area contributed by atoms with E-state index in [0.717, 1.165) is 12.1 Å². The second kappa shape index (κ2) is 8.17. The number of rotatable bonds is 5. The molecule has 0 unspecified atom stereocenters. The van der Waals surface area contributed by atoms with E-state index in [1.54, 1.807) is 20.8 Å². The van der Waals surface area contributed by atoms with Gasteiger partial charge in [-0.15, -0.1) is 0 Å². The Morgan fingerprint density at radius 1 is 1.04 bits per heavy atom. The average molecular weight is 422 g/mol. The van der Waals surface area contributed by atoms with E-state index in [9.17, 15) is 17.4 Å². The molecule has 1 atom stereocenters. The molecule has 0 aromatic heterocycles. The van der Waals surface area contributed by atoms with Crippen LogP contribution in [0.1, 0.15) is 52.7 Å². The summed E-state index contributed by atoms with van der Waals surface area (Å²) in [6.07, 6.45) is -4.40. The summed E-state index contributed by atoms with van der Waals surface area (Å²) in [5.74, 6) is 0. The van der Waals surface area contributed by atoms with E-state index in [1.807, 2.05) is 0 Å². The first-order valence-electron chi connectivity index (χ1n) is 8.76. The lowest BCUT2D eigenvalue weighted by Crippen LogP contribution is -2.42. The summed E-state index contributed by atoms with van der Waals surface area (Å²) in [5.41, 5.74) is 0.161. The second-order valence-electron chi connectivity index (χ2n) is 9.02. The van der Waals surface area contributed by atoms with Gasteiger partial charge in [0.25, 0.3) is 0 Å². The van der Waals surface area contributed by atoms with Gasteiger partial charge in [-0.3, -0.25) is 0 Å². The molecule has 0 radical (unpaired) electrons. The normalized spacial score (nSPS) is 15.7. The molecule has 1 aromatic carbocycles. The molecule has 0 bridgehead atoms. The van der Waals surface area contributed by atoms with Crippen LogP contribution in [0.4, 0.5) is 13.2 Å². The number of halogens is 3. The second-order valence-corrected chi connectivity index (χ2v) is 15.7. The quantitative estimate of drug-likeness (QED) is 0.433. The highest BCUT2D eigenvalue weighted by molar-refractivity contribution is 7.85. The van der Waals surface area contributed by atoms with Crippen molar-refractivity contribution in [3.8, 4) is 0 Å². The number of hydrogen-bond acceptors (Lipinski definition) is 2. The van der Waals surface area contributed by atoms with Gasteiger partial charge in [-0.2, -0.15) is 17.6 Å². The van der Waals surface area contributed by atoms with Crippen LogP contribution in [0.2, 0.25) is 18.1 Å². The van der Waals surface area contributed by atoms with E-state index in [-0.39, 0.29) is 11.6 Å². The molecule has 3 nitrogen and oxygen atoms in total. The SMILES string of the molecule is CC(C)(C)[S@@](=O)/N=C(/CO[Si](C)(C)C(C)(C)C)c1ccc(C(F)(F)F)cc1. The van der Waals surface area contributed by atoms with Crippen molar-refractivity contribution in [2.45, 2.75) is 70.6 Å². The first-order valence-corrected chi connectivity index (χ1v) is 12.8. The predicted molar refractivity (Wildman–Crippen MR) is 109 cm³/mol. The molecule has 27 heavy (non-hydrogen) atoms. The van der Waals surface area contributed by atoms with Gasteiger partial charge in [-0.25, -0.2) is 4.21 Å². The third-order valence-corrected chi connectivity index (χ3v) is 10.6. The van der Waals surface area contributed by atoms with Crippen LogP contribution in [0.25, 0.3) is 0 Å². The lowest BCUT2D eigenvalue weighted by molar-refractivity contribution is -0.137. The number of benzene rings is 1. The molecule has 0 aliphatic rings. The zero-order valence-corrected chi connectivity index (χ0v) is 19.1. The van der Waals surface area contributed by atoms with Crippen LogP contribution in [-0.4, -0.2) is 29.6 Å². The van der Waals surface area contributed by atoms with Gasteiger partial charge in [-0.05, 0) is 56.6 Å². The van der Waals surface area contributed by atoms with Crippen molar-refractivity contribution in [1.29, 1.82) is 0 Å². The number of nitrogens with zero attached hydrogens (tertiary/aromatic N) is 1. The Bertz CT molecular complexity index is 700. The Balaban J connectivity index is 3.24. The largest absolute Gasteiger partial charge is 0.416 e. The van der Waals surface area contributed by atoms with E-state index in [2.05, 4.69) is 38.3 Å². The average Bonchev–Trinajstić information content (AvgIpc) is 2.48. The molecule has 0 saturated heterocycles. The Labute approximate surface area is 164 Å². The third kappa shape index (κ3) is 6.83. The molecule has 154 valence electrons. The Morgan fingerprint density at radius 2 is 1.52 bits per heavy atom. The standard InChI is InChI=1S/C19H30F3NO2SSi/c1-17(2,3)26(24)23-16(13-25-27(7,8)18(4,5)6)14-9-11-15(12-10-14)19(20,21)22/h9-12H,13H2,1-8H3/b23-16-/t26-/m1/s1. The van der Waals surface area contributed by atoms with Crippen LogP contribution in [0.5, 0.6) is 0 Å². The Hall–Kier alpha value is -0.993. The Kier molecular flexibility index (Phi) is 7.27. The molecule has 0 N–H and O–H groups in total. The van der Waals surface area contributed by atoms with Gasteiger partial charge in [0.05, 0.1) is 22.6 Å². The van der Waals surface area contributed by atoms with Gasteiger partial charge < -0.3 is 4.43 Å². The summed E-state index contributed by atoms with van der Waals surface area (Å²) < 4.78 is 60.9. The fourth-order valence-corrected chi connectivity index (χ4v) is 3.28. The molecule has 0 aliphatic heterocycles. The van der Waals surface area contributed by atoms with E-state index in [1.165, 1.54) is 12.1 Å². The molecule has 0 heterocycles. The maximum atomic E-state index is 12.8. The van der Waals surface area contributed by atoms with E-state index < -0.39 is 35.8 Å². The monoisotopic (exact) mass is 421 g/mol. The van der Waals surface area contributed by atoms with Gasteiger partial charge in [0.2, 0.25) is 0 Å². The summed E-state index contributed by atoms with van der Waals surface area (Å²) in [7, 11) is -3.64. The fourth-order valence-electron chi connectivity index (χ4n) is 1.72. The molecular weight excluding hydrogens is 391 g/mol. The highest BCUT2D eigenvalue weighted by Gasteiger charge is 2.37. The van der Waals surface area contributed by atoms with Crippen molar-refractivity contribution in [2.24, 2.45) is 4.40 Å². The van der Waals surface area contributed by atoms with Gasteiger partial charge in [0, 0.05) is 0 Å². The van der Waals surface area contributed by atoms with Crippen LogP contribution >= 0.6 is 0 Å². The molecule has 1 rings (SSSR count). The van der Waals surface area contributed by atoms with Crippen LogP contribution < -0.4 is 0 Å². The predicted octanol–water partition coefficient (Wildman–Crippen LogP) is 5.98. The fraction of sp³-hybridized carbons (Fsp3) is 0.632. The first-order chi connectivity index (χ1) is 11.9. The maximum Gasteiger partial charge on any atom is 0.416 e. The van der Waals surface area contributed by atoms with Crippen molar-refractivity contribution in [1.82, 2.24) is 0 Å². The van der Waals surface area contributed by atoms with Gasteiger partial charge >= 0.3 is 6.18 Å². The number of alkyl halides is 3. The minimum Gasteiger partial charge on any atom is -0.411 e. The molecule has 0 aliphatic carbocycles. The van der Waals surface area contributed by atoms with Crippen molar-refractivity contribution >= 4 is 25.0 Å². The van der Waals surface area contributed by atoms with Crippen LogP contribution in [0, 0.1) is 0 Å². The van der Waals surface area contributed by atoms with Crippen molar-refractivity contribution < 1.29 is 21.8 Å². The van der Waals surface area contributed by atoms with Crippen LogP contribution in [-0.2, 0) is 21.6 Å². The van der Waals surface area contributed by atoms with Gasteiger partial charge in [0.1, 0.15) is 11.0 Å². The maximum absolute atomic E-state index is 12.8. The molecule has 0 spiro atoms.